The van der Waals surface area contributed by atoms with Crippen molar-refractivity contribution in [2.24, 2.45) is 0 Å². The zero-order chi connectivity index (χ0) is 13.6. The van der Waals surface area contributed by atoms with Gasteiger partial charge in [-0.1, -0.05) is 25.0 Å². The molecule has 0 aromatic rings. The van der Waals surface area contributed by atoms with Gasteiger partial charge >= 0.3 is 0 Å². The standard InChI is InChI=1S/C16H30N4.3ClH/c1-2-6-14-13(5-1)17-9-10-19-15-7-3-4-8-16(15)20-12-11-18-14;;;/h1-2,13-20H,3-12H2;3*1H. The van der Waals surface area contributed by atoms with E-state index in [0.29, 0.717) is 24.2 Å². The Kier molecular flexibility index (Phi) is 13.0. The number of hydrogen-bond acceptors (Lipinski definition) is 4. The Bertz CT molecular complexity index is 300. The minimum atomic E-state index is 0. The minimum Gasteiger partial charge on any atom is -0.311 e. The molecule has 1 aliphatic heterocycles. The third-order valence-corrected chi connectivity index (χ3v) is 5.07. The summed E-state index contributed by atoms with van der Waals surface area (Å²) in [5.41, 5.74) is 0. The molecule has 7 heteroatoms. The molecule has 0 spiro atoms. The Labute approximate surface area is 159 Å². The van der Waals surface area contributed by atoms with E-state index in [1.807, 2.05) is 0 Å². The lowest BCUT2D eigenvalue weighted by Gasteiger charge is -2.36. The SMILES string of the molecule is C1=CCC2NCCNC3CCCCC3NCCNC2C1.Cl.Cl.Cl. The van der Waals surface area contributed by atoms with E-state index in [1.165, 1.54) is 25.7 Å². The van der Waals surface area contributed by atoms with Crippen LogP contribution in [0.2, 0.25) is 0 Å². The molecular formula is C16H33Cl3N4. The predicted molar refractivity (Wildman–Crippen MR) is 106 cm³/mol. The van der Waals surface area contributed by atoms with E-state index in [-0.39, 0.29) is 37.2 Å². The second kappa shape index (κ2) is 12.8. The van der Waals surface area contributed by atoms with Crippen LogP contribution in [0.5, 0.6) is 0 Å². The predicted octanol–water partition coefficient (Wildman–Crippen LogP) is 2.02. The van der Waals surface area contributed by atoms with Crippen LogP contribution in [0.3, 0.4) is 0 Å². The minimum absolute atomic E-state index is 0. The average molecular weight is 388 g/mol. The van der Waals surface area contributed by atoms with Crippen molar-refractivity contribution in [2.75, 3.05) is 26.2 Å². The van der Waals surface area contributed by atoms with Crippen LogP contribution in [0.15, 0.2) is 12.2 Å². The first-order valence-corrected chi connectivity index (χ1v) is 8.52. The summed E-state index contributed by atoms with van der Waals surface area (Å²) in [5, 5.41) is 15.0. The molecule has 3 aliphatic rings. The fourth-order valence-corrected chi connectivity index (χ4v) is 3.92. The quantitative estimate of drug-likeness (QED) is 0.480. The lowest BCUT2D eigenvalue weighted by atomic mass is 9.90. The molecule has 4 nitrogen and oxygen atoms in total. The van der Waals surface area contributed by atoms with Gasteiger partial charge in [-0.25, -0.2) is 0 Å². The van der Waals surface area contributed by atoms with Crippen LogP contribution in [0.25, 0.3) is 0 Å². The highest BCUT2D eigenvalue weighted by Crippen LogP contribution is 2.18. The average Bonchev–Trinajstić information content (AvgIpc) is 2.49. The van der Waals surface area contributed by atoms with Gasteiger partial charge in [0.05, 0.1) is 0 Å². The van der Waals surface area contributed by atoms with Crippen LogP contribution < -0.4 is 21.3 Å². The van der Waals surface area contributed by atoms with Gasteiger partial charge in [0.2, 0.25) is 0 Å². The van der Waals surface area contributed by atoms with Crippen LogP contribution in [0.1, 0.15) is 38.5 Å². The zero-order valence-corrected chi connectivity index (χ0v) is 16.2. The van der Waals surface area contributed by atoms with Crippen molar-refractivity contribution in [3.63, 3.8) is 0 Å². The van der Waals surface area contributed by atoms with Crippen molar-refractivity contribution in [1.29, 1.82) is 0 Å². The summed E-state index contributed by atoms with van der Waals surface area (Å²) in [7, 11) is 0. The summed E-state index contributed by atoms with van der Waals surface area (Å²) < 4.78 is 0. The van der Waals surface area contributed by atoms with Crippen molar-refractivity contribution in [2.45, 2.75) is 62.7 Å². The molecule has 3 rings (SSSR count). The fraction of sp³-hybridized carbons (Fsp3) is 0.875. The molecule has 4 N–H and O–H groups in total. The Morgan fingerprint density at radius 3 is 1.26 bits per heavy atom. The molecule has 2 fully saturated rings. The molecule has 0 bridgehead atoms. The maximum Gasteiger partial charge on any atom is 0.0259 e. The van der Waals surface area contributed by atoms with Crippen molar-refractivity contribution in [3.8, 4) is 0 Å². The maximum atomic E-state index is 3.77. The third-order valence-electron chi connectivity index (χ3n) is 5.07. The molecule has 138 valence electrons. The highest BCUT2D eigenvalue weighted by molar-refractivity contribution is 5.86. The second-order valence-corrected chi connectivity index (χ2v) is 6.47. The molecule has 0 amide bonds. The van der Waals surface area contributed by atoms with Gasteiger partial charge in [0.15, 0.2) is 0 Å². The van der Waals surface area contributed by atoms with Crippen LogP contribution in [-0.2, 0) is 0 Å². The Hall–Kier alpha value is 0.450. The number of nitrogens with one attached hydrogen (secondary N) is 4. The van der Waals surface area contributed by atoms with Crippen molar-refractivity contribution < 1.29 is 0 Å². The molecule has 2 aliphatic carbocycles. The number of fused-ring (bicyclic) bond motifs is 2. The molecule has 1 saturated carbocycles. The van der Waals surface area contributed by atoms with E-state index in [0.717, 1.165) is 39.0 Å². The summed E-state index contributed by atoms with van der Waals surface area (Å²) in [6.07, 6.45) is 12.4. The van der Waals surface area contributed by atoms with Crippen LogP contribution >= 0.6 is 37.2 Å². The van der Waals surface area contributed by atoms with Gasteiger partial charge in [0.25, 0.3) is 0 Å². The first-order chi connectivity index (χ1) is 9.93. The highest BCUT2D eigenvalue weighted by Gasteiger charge is 2.26. The highest BCUT2D eigenvalue weighted by atomic mass is 35.5. The van der Waals surface area contributed by atoms with Gasteiger partial charge in [0.1, 0.15) is 0 Å². The van der Waals surface area contributed by atoms with Gasteiger partial charge in [-0.3, -0.25) is 0 Å². The van der Waals surface area contributed by atoms with E-state index < -0.39 is 0 Å². The van der Waals surface area contributed by atoms with Crippen molar-refractivity contribution >= 4 is 37.2 Å². The molecule has 23 heavy (non-hydrogen) atoms. The van der Waals surface area contributed by atoms with E-state index >= 15 is 0 Å². The number of hydrogen-bond donors (Lipinski definition) is 4. The zero-order valence-electron chi connectivity index (χ0n) is 13.8. The van der Waals surface area contributed by atoms with E-state index in [9.17, 15) is 0 Å². The lowest BCUT2D eigenvalue weighted by molar-refractivity contribution is 0.269. The maximum absolute atomic E-state index is 3.77. The largest absolute Gasteiger partial charge is 0.311 e. The fourth-order valence-electron chi connectivity index (χ4n) is 3.92. The van der Waals surface area contributed by atoms with Gasteiger partial charge in [0, 0.05) is 50.3 Å². The molecular weight excluding hydrogens is 355 g/mol. The summed E-state index contributed by atoms with van der Waals surface area (Å²) in [4.78, 5) is 0. The van der Waals surface area contributed by atoms with Crippen LogP contribution in [0.4, 0.5) is 0 Å². The first-order valence-electron chi connectivity index (χ1n) is 8.52. The van der Waals surface area contributed by atoms with Crippen LogP contribution in [0, 0.1) is 0 Å². The molecule has 1 saturated heterocycles. The molecule has 4 unspecified atom stereocenters. The van der Waals surface area contributed by atoms with Crippen LogP contribution in [-0.4, -0.2) is 50.3 Å². The third kappa shape index (κ3) is 7.07. The van der Waals surface area contributed by atoms with Crippen molar-refractivity contribution in [3.05, 3.63) is 12.2 Å². The smallest absolute Gasteiger partial charge is 0.0259 e. The molecule has 0 radical (unpaired) electrons. The second-order valence-electron chi connectivity index (χ2n) is 6.47. The van der Waals surface area contributed by atoms with Crippen molar-refractivity contribution in [1.82, 2.24) is 21.3 Å². The van der Waals surface area contributed by atoms with E-state index in [1.54, 1.807) is 0 Å². The summed E-state index contributed by atoms with van der Waals surface area (Å²) in [5.74, 6) is 0. The van der Waals surface area contributed by atoms with E-state index in [4.69, 9.17) is 0 Å². The monoisotopic (exact) mass is 386 g/mol. The topological polar surface area (TPSA) is 48.1 Å². The normalized spacial score (nSPS) is 34.8. The summed E-state index contributed by atoms with van der Waals surface area (Å²) in [6.45, 7) is 4.35. The Morgan fingerprint density at radius 2 is 0.870 bits per heavy atom. The van der Waals surface area contributed by atoms with E-state index in [2.05, 4.69) is 33.4 Å². The number of rotatable bonds is 0. The molecule has 4 atom stereocenters. The number of halogens is 3. The van der Waals surface area contributed by atoms with Gasteiger partial charge in [-0.2, -0.15) is 0 Å². The van der Waals surface area contributed by atoms with Gasteiger partial charge in [-0.15, -0.1) is 37.2 Å². The molecule has 0 aromatic heterocycles. The molecule has 1 heterocycles. The first kappa shape index (κ1) is 23.4. The molecule has 0 aromatic carbocycles. The summed E-state index contributed by atoms with van der Waals surface area (Å²) >= 11 is 0. The van der Waals surface area contributed by atoms with Gasteiger partial charge in [-0.05, 0) is 25.7 Å². The van der Waals surface area contributed by atoms with Gasteiger partial charge < -0.3 is 21.3 Å². The Balaban J connectivity index is 0.00000161. The summed E-state index contributed by atoms with van der Waals surface area (Å²) in [6, 6.07) is 2.55. The lowest BCUT2D eigenvalue weighted by Crippen LogP contribution is -2.56. The Morgan fingerprint density at radius 1 is 0.522 bits per heavy atom.